The lowest BCUT2D eigenvalue weighted by molar-refractivity contribution is 0.457. The molecule has 1 nitrogen and oxygen atoms in total. The summed E-state index contributed by atoms with van der Waals surface area (Å²) < 4.78 is 0. The summed E-state index contributed by atoms with van der Waals surface area (Å²) in [6, 6.07) is 0. The highest BCUT2D eigenvalue weighted by atomic mass is 79.9. The van der Waals surface area contributed by atoms with Gasteiger partial charge >= 0.3 is 0 Å². The van der Waals surface area contributed by atoms with Crippen LogP contribution in [0.4, 0.5) is 0 Å². The zero-order chi connectivity index (χ0) is 7.33. The minimum absolute atomic E-state index is 0. The minimum atomic E-state index is 0. The van der Waals surface area contributed by atoms with Crippen molar-refractivity contribution in [1.29, 1.82) is 0 Å². The van der Waals surface area contributed by atoms with Gasteiger partial charge in [-0.3, -0.25) is 0 Å². The lowest BCUT2D eigenvalue weighted by Crippen LogP contribution is -2.31. The molecule has 0 fully saturated rings. The fraction of sp³-hybridized carbons (Fsp3) is 1.00. The van der Waals surface area contributed by atoms with Gasteiger partial charge in [-0.15, -0.1) is 17.0 Å². The molecule has 0 aromatic heterocycles. The van der Waals surface area contributed by atoms with Crippen molar-refractivity contribution in [2.75, 3.05) is 5.33 Å². The largest absolute Gasteiger partial charge is 0.326 e. The van der Waals surface area contributed by atoms with Crippen LogP contribution >= 0.6 is 32.9 Å². The van der Waals surface area contributed by atoms with E-state index in [1.807, 2.05) is 0 Å². The molecule has 0 radical (unpaired) electrons. The molecule has 0 atom stereocenters. The van der Waals surface area contributed by atoms with Gasteiger partial charge in [0, 0.05) is 10.9 Å². The first-order valence-electron chi connectivity index (χ1n) is 3.41. The molecule has 0 rings (SSSR count). The second-order valence-electron chi connectivity index (χ2n) is 3.13. The van der Waals surface area contributed by atoms with Crippen molar-refractivity contribution >= 4 is 32.9 Å². The third-order valence-electron chi connectivity index (χ3n) is 1.20. The Morgan fingerprint density at radius 1 is 1.30 bits per heavy atom. The number of unbranched alkanes of at least 4 members (excludes halogenated alkanes) is 1. The Kier molecular flexibility index (Phi) is 8.94. The Balaban J connectivity index is 0. The molecule has 0 aliphatic carbocycles. The Morgan fingerprint density at radius 2 is 1.80 bits per heavy atom. The van der Waals surface area contributed by atoms with Gasteiger partial charge in [0.25, 0.3) is 0 Å². The number of hydrogen-bond acceptors (Lipinski definition) is 1. The summed E-state index contributed by atoms with van der Waals surface area (Å²) in [4.78, 5) is 0. The van der Waals surface area contributed by atoms with Crippen LogP contribution in [0, 0.1) is 0 Å². The van der Waals surface area contributed by atoms with E-state index in [1.165, 1.54) is 12.8 Å². The van der Waals surface area contributed by atoms with Crippen LogP contribution in [0.5, 0.6) is 0 Å². The maximum absolute atomic E-state index is 5.76. The van der Waals surface area contributed by atoms with E-state index in [9.17, 15) is 0 Å². The van der Waals surface area contributed by atoms with Gasteiger partial charge in [0.15, 0.2) is 0 Å². The van der Waals surface area contributed by atoms with E-state index in [4.69, 9.17) is 5.73 Å². The van der Waals surface area contributed by atoms with Crippen molar-refractivity contribution in [2.45, 2.75) is 38.6 Å². The van der Waals surface area contributed by atoms with Gasteiger partial charge < -0.3 is 5.73 Å². The molecule has 0 saturated heterocycles. The van der Waals surface area contributed by atoms with Crippen LogP contribution in [0.3, 0.4) is 0 Å². The topological polar surface area (TPSA) is 26.0 Å². The molecule has 0 unspecified atom stereocenters. The van der Waals surface area contributed by atoms with Crippen molar-refractivity contribution in [1.82, 2.24) is 0 Å². The predicted molar refractivity (Wildman–Crippen MR) is 56.2 cm³/mol. The van der Waals surface area contributed by atoms with Gasteiger partial charge in [-0.2, -0.15) is 0 Å². The molecule has 64 valence electrons. The smallest absolute Gasteiger partial charge is 0.00970 e. The number of alkyl halides is 1. The molecule has 0 saturated carbocycles. The molecule has 0 aromatic carbocycles. The quantitative estimate of drug-likeness (QED) is 0.619. The molecule has 0 aromatic rings. The Hall–Kier alpha value is 0.920. The van der Waals surface area contributed by atoms with Gasteiger partial charge in [0.05, 0.1) is 0 Å². The second kappa shape index (κ2) is 6.62. The van der Waals surface area contributed by atoms with E-state index in [0.29, 0.717) is 0 Å². The van der Waals surface area contributed by atoms with Gasteiger partial charge in [-0.25, -0.2) is 0 Å². The number of halogens is 2. The molecule has 0 aliphatic rings. The maximum atomic E-state index is 5.76. The van der Waals surface area contributed by atoms with Gasteiger partial charge in [-0.1, -0.05) is 22.4 Å². The third kappa shape index (κ3) is 11.7. The van der Waals surface area contributed by atoms with E-state index in [0.717, 1.165) is 11.8 Å². The summed E-state index contributed by atoms with van der Waals surface area (Å²) in [5, 5.41) is 1.10. The normalized spacial score (nSPS) is 10.8. The average molecular weight is 275 g/mol. The van der Waals surface area contributed by atoms with Gasteiger partial charge in [0.1, 0.15) is 0 Å². The summed E-state index contributed by atoms with van der Waals surface area (Å²) >= 11 is 3.38. The second-order valence-corrected chi connectivity index (χ2v) is 3.93. The molecule has 0 amide bonds. The molecule has 0 aliphatic heterocycles. The highest BCUT2D eigenvalue weighted by Crippen LogP contribution is 2.09. The Bertz CT molecular complexity index is 68.5. The van der Waals surface area contributed by atoms with Crippen molar-refractivity contribution in [3.8, 4) is 0 Å². The summed E-state index contributed by atoms with van der Waals surface area (Å²) in [6.07, 6.45) is 3.59. The maximum Gasteiger partial charge on any atom is 0.00970 e. The molecule has 3 heteroatoms. The van der Waals surface area contributed by atoms with Crippen LogP contribution in [-0.4, -0.2) is 10.9 Å². The summed E-state index contributed by atoms with van der Waals surface area (Å²) in [5.74, 6) is 0. The van der Waals surface area contributed by atoms with Crippen molar-refractivity contribution in [3.63, 3.8) is 0 Å². The average Bonchev–Trinajstić information content (AvgIpc) is 1.63. The van der Waals surface area contributed by atoms with Crippen LogP contribution in [-0.2, 0) is 0 Å². The molecular weight excluding hydrogens is 258 g/mol. The molecule has 0 spiro atoms. The number of rotatable bonds is 4. The lowest BCUT2D eigenvalue weighted by Gasteiger charge is -2.17. The molecular formula is C7H17Br2N. The zero-order valence-electron chi connectivity index (χ0n) is 6.69. The lowest BCUT2D eigenvalue weighted by atomic mass is 9.99. The molecule has 10 heavy (non-hydrogen) atoms. The van der Waals surface area contributed by atoms with E-state index in [1.54, 1.807) is 0 Å². The number of hydrogen-bond donors (Lipinski definition) is 1. The van der Waals surface area contributed by atoms with E-state index < -0.39 is 0 Å². The monoisotopic (exact) mass is 273 g/mol. The summed E-state index contributed by atoms with van der Waals surface area (Å²) in [6.45, 7) is 4.14. The van der Waals surface area contributed by atoms with Gasteiger partial charge in [-0.05, 0) is 26.7 Å². The zero-order valence-corrected chi connectivity index (χ0v) is 9.99. The van der Waals surface area contributed by atoms with E-state index in [-0.39, 0.29) is 22.5 Å². The van der Waals surface area contributed by atoms with Crippen LogP contribution in [0.2, 0.25) is 0 Å². The fourth-order valence-corrected chi connectivity index (χ4v) is 1.07. The van der Waals surface area contributed by atoms with Crippen LogP contribution in [0.15, 0.2) is 0 Å². The first kappa shape index (κ1) is 13.5. The molecule has 0 bridgehead atoms. The highest BCUT2D eigenvalue weighted by Gasteiger charge is 2.08. The standard InChI is InChI=1S/C7H16BrN.BrH/c1-7(2,9)5-3-4-6-8;/h3-6,9H2,1-2H3;1H. The van der Waals surface area contributed by atoms with Crippen molar-refractivity contribution < 1.29 is 0 Å². The Labute approximate surface area is 82.6 Å². The van der Waals surface area contributed by atoms with Crippen LogP contribution < -0.4 is 5.73 Å². The van der Waals surface area contributed by atoms with Crippen molar-refractivity contribution in [2.24, 2.45) is 5.73 Å². The molecule has 0 heterocycles. The first-order chi connectivity index (χ1) is 4.06. The van der Waals surface area contributed by atoms with Gasteiger partial charge in [0.2, 0.25) is 0 Å². The fourth-order valence-electron chi connectivity index (χ4n) is 0.675. The van der Waals surface area contributed by atoms with E-state index in [2.05, 4.69) is 29.8 Å². The SMILES string of the molecule is Br.CC(C)(N)CCCCBr. The van der Waals surface area contributed by atoms with Crippen LogP contribution in [0.25, 0.3) is 0 Å². The Morgan fingerprint density at radius 3 is 2.10 bits per heavy atom. The number of nitrogens with two attached hydrogens (primary N) is 1. The van der Waals surface area contributed by atoms with E-state index >= 15 is 0 Å². The summed E-state index contributed by atoms with van der Waals surface area (Å²) in [5.41, 5.74) is 5.79. The predicted octanol–water partition coefficient (Wildman–Crippen LogP) is 2.87. The first-order valence-corrected chi connectivity index (χ1v) is 4.53. The van der Waals surface area contributed by atoms with Crippen molar-refractivity contribution in [3.05, 3.63) is 0 Å². The third-order valence-corrected chi connectivity index (χ3v) is 1.77. The highest BCUT2D eigenvalue weighted by molar-refractivity contribution is 9.09. The minimum Gasteiger partial charge on any atom is -0.326 e. The summed E-state index contributed by atoms with van der Waals surface area (Å²) in [7, 11) is 0. The molecule has 2 N–H and O–H groups in total. The van der Waals surface area contributed by atoms with Crippen LogP contribution in [0.1, 0.15) is 33.1 Å².